The van der Waals surface area contributed by atoms with Crippen LogP contribution in [-0.4, -0.2) is 60.1 Å². The minimum atomic E-state index is -1.32. The summed E-state index contributed by atoms with van der Waals surface area (Å²) in [6.07, 6.45) is 9.01. The van der Waals surface area contributed by atoms with Gasteiger partial charge in [0.25, 0.3) is 0 Å². The molecule has 0 aliphatic rings. The van der Waals surface area contributed by atoms with Crippen LogP contribution >= 0.6 is 0 Å². The molecule has 2 unspecified atom stereocenters. The number of hydrogen-bond acceptors (Lipinski definition) is 4. The molecule has 0 bridgehead atoms. The minimum Gasteiger partial charge on any atom is -0.550 e. The number of carboxylic acid groups (broad SMARTS) is 1. The molecule has 0 saturated carbocycles. The molecule has 0 aromatic heterocycles. The number of carbonyl (C=O) groups excluding carboxylic acids is 1. The van der Waals surface area contributed by atoms with Gasteiger partial charge in [-0.3, -0.25) is 0 Å². The van der Waals surface area contributed by atoms with Gasteiger partial charge in [0.15, 0.2) is 0 Å². The third kappa shape index (κ3) is 13.8. The zero-order chi connectivity index (χ0) is 18.6. The number of quaternary nitrogens is 1. The van der Waals surface area contributed by atoms with Crippen molar-refractivity contribution in [2.45, 2.75) is 89.3 Å². The van der Waals surface area contributed by atoms with Gasteiger partial charge in [0.1, 0.15) is 12.1 Å². The van der Waals surface area contributed by atoms with Crippen molar-refractivity contribution in [1.82, 2.24) is 0 Å². The zero-order valence-corrected chi connectivity index (χ0v) is 16.2. The van der Waals surface area contributed by atoms with E-state index in [9.17, 15) is 20.1 Å². The SMILES string of the molecule is CCCCCCCCCC(O)CCC(O)(CC(=O)[O-])C[N+](C)(C)C. The standard InChI is InChI=1S/C19H39NO4/c1-5-6-7-8-9-10-11-12-17(21)13-14-19(24,15-18(22)23)16-20(2,3)4/h17,21,24H,5-16H2,1-4H3. The first-order chi connectivity index (χ1) is 11.1. The Kier molecular flexibility index (Phi) is 11.5. The zero-order valence-electron chi connectivity index (χ0n) is 16.2. The van der Waals surface area contributed by atoms with Gasteiger partial charge in [-0.2, -0.15) is 0 Å². The van der Waals surface area contributed by atoms with E-state index in [0.29, 0.717) is 17.4 Å². The van der Waals surface area contributed by atoms with Crippen molar-refractivity contribution in [2.24, 2.45) is 0 Å². The van der Waals surface area contributed by atoms with Crippen LogP contribution in [0.15, 0.2) is 0 Å². The monoisotopic (exact) mass is 345 g/mol. The molecule has 2 atom stereocenters. The molecule has 0 saturated heterocycles. The third-order valence-corrected chi connectivity index (χ3v) is 4.33. The first kappa shape index (κ1) is 23.4. The van der Waals surface area contributed by atoms with Gasteiger partial charge in [-0.1, -0.05) is 51.9 Å². The Labute approximate surface area is 148 Å². The van der Waals surface area contributed by atoms with Crippen molar-refractivity contribution >= 4 is 5.97 Å². The number of aliphatic hydroxyl groups excluding tert-OH is 1. The molecular weight excluding hydrogens is 306 g/mol. The van der Waals surface area contributed by atoms with E-state index < -0.39 is 17.7 Å². The first-order valence-electron chi connectivity index (χ1n) is 9.49. The van der Waals surface area contributed by atoms with Gasteiger partial charge in [-0.15, -0.1) is 0 Å². The number of unbranched alkanes of at least 4 members (excludes halogenated alkanes) is 6. The van der Waals surface area contributed by atoms with Gasteiger partial charge in [0.05, 0.1) is 27.2 Å². The maximum Gasteiger partial charge on any atom is 0.119 e. The summed E-state index contributed by atoms with van der Waals surface area (Å²) in [5.41, 5.74) is -1.32. The van der Waals surface area contributed by atoms with Crippen molar-refractivity contribution < 1.29 is 24.6 Å². The highest BCUT2D eigenvalue weighted by atomic mass is 16.4. The molecule has 0 heterocycles. The quantitative estimate of drug-likeness (QED) is 0.351. The first-order valence-corrected chi connectivity index (χ1v) is 9.49. The van der Waals surface area contributed by atoms with Crippen molar-refractivity contribution in [3.8, 4) is 0 Å². The normalized spacial score (nSPS) is 15.9. The molecule has 5 heteroatoms. The van der Waals surface area contributed by atoms with Gasteiger partial charge in [0.2, 0.25) is 0 Å². The second-order valence-electron chi connectivity index (χ2n) is 8.32. The molecule has 0 fully saturated rings. The fourth-order valence-electron chi connectivity index (χ4n) is 3.29. The Morgan fingerprint density at radius 1 is 1.04 bits per heavy atom. The fourth-order valence-corrected chi connectivity index (χ4v) is 3.29. The van der Waals surface area contributed by atoms with Crippen LogP contribution in [0.5, 0.6) is 0 Å². The Hall–Kier alpha value is -0.650. The number of aliphatic hydroxyl groups is 2. The lowest BCUT2D eigenvalue weighted by atomic mass is 9.90. The molecule has 0 radical (unpaired) electrons. The van der Waals surface area contributed by atoms with Crippen LogP contribution in [-0.2, 0) is 4.79 Å². The van der Waals surface area contributed by atoms with Crippen LogP contribution in [0.25, 0.3) is 0 Å². The van der Waals surface area contributed by atoms with Crippen molar-refractivity contribution in [2.75, 3.05) is 27.7 Å². The van der Waals surface area contributed by atoms with Crippen molar-refractivity contribution in [3.63, 3.8) is 0 Å². The molecular formula is C19H39NO4. The number of nitrogens with zero attached hydrogens (tertiary/aromatic N) is 1. The van der Waals surface area contributed by atoms with E-state index in [2.05, 4.69) is 6.92 Å². The van der Waals surface area contributed by atoms with Gasteiger partial charge < -0.3 is 24.6 Å². The summed E-state index contributed by atoms with van der Waals surface area (Å²) in [7, 11) is 5.74. The molecule has 2 N–H and O–H groups in total. The number of hydrogen-bond donors (Lipinski definition) is 2. The number of carboxylic acids is 1. The predicted octanol–water partition coefficient (Wildman–Crippen LogP) is 1.85. The summed E-state index contributed by atoms with van der Waals surface area (Å²) < 4.78 is 0.470. The molecule has 0 spiro atoms. The summed E-state index contributed by atoms with van der Waals surface area (Å²) in [5, 5.41) is 31.6. The molecule has 144 valence electrons. The van der Waals surface area contributed by atoms with E-state index in [-0.39, 0.29) is 12.8 Å². The summed E-state index contributed by atoms with van der Waals surface area (Å²) >= 11 is 0. The van der Waals surface area contributed by atoms with E-state index in [0.717, 1.165) is 19.3 Å². The van der Waals surface area contributed by atoms with E-state index in [1.54, 1.807) is 0 Å². The lowest BCUT2D eigenvalue weighted by molar-refractivity contribution is -0.877. The maximum absolute atomic E-state index is 10.9. The van der Waals surface area contributed by atoms with Gasteiger partial charge in [-0.05, 0) is 19.3 Å². The van der Waals surface area contributed by atoms with Gasteiger partial charge in [-0.25, -0.2) is 0 Å². The smallest absolute Gasteiger partial charge is 0.119 e. The van der Waals surface area contributed by atoms with E-state index >= 15 is 0 Å². The number of carbonyl (C=O) groups is 1. The van der Waals surface area contributed by atoms with E-state index in [4.69, 9.17) is 0 Å². The van der Waals surface area contributed by atoms with Crippen molar-refractivity contribution in [3.05, 3.63) is 0 Å². The van der Waals surface area contributed by atoms with Crippen LogP contribution in [0, 0.1) is 0 Å². The molecule has 0 rings (SSSR count). The second kappa shape index (κ2) is 11.8. The third-order valence-electron chi connectivity index (χ3n) is 4.33. The van der Waals surface area contributed by atoms with Crippen LogP contribution < -0.4 is 5.11 Å². The summed E-state index contributed by atoms with van der Waals surface area (Å²) in [6.45, 7) is 2.53. The van der Waals surface area contributed by atoms with Crippen LogP contribution in [0.1, 0.15) is 77.6 Å². The highest BCUT2D eigenvalue weighted by Crippen LogP contribution is 2.23. The molecule has 0 aromatic carbocycles. The van der Waals surface area contributed by atoms with Crippen molar-refractivity contribution in [1.29, 1.82) is 0 Å². The molecule has 0 amide bonds. The Bertz CT molecular complexity index is 341. The Balaban J connectivity index is 4.08. The van der Waals surface area contributed by atoms with Gasteiger partial charge in [0, 0.05) is 12.4 Å². The van der Waals surface area contributed by atoms with Crippen LogP contribution in [0.2, 0.25) is 0 Å². The maximum atomic E-state index is 10.9. The number of likely N-dealkylation sites (N-methyl/N-ethyl adjacent to an activating group) is 1. The molecule has 24 heavy (non-hydrogen) atoms. The summed E-state index contributed by atoms with van der Waals surface area (Å²) in [6, 6.07) is 0. The molecule has 0 aliphatic carbocycles. The second-order valence-corrected chi connectivity index (χ2v) is 8.32. The van der Waals surface area contributed by atoms with Gasteiger partial charge >= 0.3 is 0 Å². The number of aliphatic carboxylic acids is 1. The highest BCUT2D eigenvalue weighted by Gasteiger charge is 2.34. The van der Waals surface area contributed by atoms with Crippen LogP contribution in [0.3, 0.4) is 0 Å². The molecule has 0 aromatic rings. The Morgan fingerprint density at radius 3 is 2.08 bits per heavy atom. The average Bonchev–Trinajstić information content (AvgIpc) is 2.41. The van der Waals surface area contributed by atoms with E-state index in [1.807, 2.05) is 21.1 Å². The lowest BCUT2D eigenvalue weighted by Gasteiger charge is -2.36. The average molecular weight is 346 g/mol. The topological polar surface area (TPSA) is 80.6 Å². The highest BCUT2D eigenvalue weighted by molar-refractivity contribution is 5.65. The molecule has 5 nitrogen and oxygen atoms in total. The Morgan fingerprint density at radius 2 is 1.58 bits per heavy atom. The molecule has 0 aliphatic heterocycles. The summed E-state index contributed by atoms with van der Waals surface area (Å²) in [5.74, 6) is -1.24. The largest absolute Gasteiger partial charge is 0.550 e. The summed E-state index contributed by atoms with van der Waals surface area (Å²) in [4.78, 5) is 10.9. The number of rotatable bonds is 15. The van der Waals surface area contributed by atoms with E-state index in [1.165, 1.54) is 32.1 Å². The fraction of sp³-hybridized carbons (Fsp3) is 0.947. The minimum absolute atomic E-state index is 0.286. The van der Waals surface area contributed by atoms with Crippen LogP contribution in [0.4, 0.5) is 0 Å². The predicted molar refractivity (Wildman–Crippen MR) is 95.3 cm³/mol. The lowest BCUT2D eigenvalue weighted by Crippen LogP contribution is -2.52.